The van der Waals surface area contributed by atoms with E-state index in [-0.39, 0.29) is 5.54 Å². The summed E-state index contributed by atoms with van der Waals surface area (Å²) in [6, 6.07) is 29.3. The molecule has 0 bridgehead atoms. The zero-order valence-corrected chi connectivity index (χ0v) is 14.0. The lowest BCUT2D eigenvalue weighted by Crippen LogP contribution is -2.38. The molecule has 1 aliphatic rings. The molecule has 0 aliphatic carbocycles. The number of nitrogens with one attached hydrogen (secondary N) is 2. The predicted octanol–water partition coefficient (Wildman–Crippen LogP) is 5.19. The monoisotopic (exact) mass is 330 g/mol. The van der Waals surface area contributed by atoms with Crippen LogP contribution in [0.5, 0.6) is 0 Å². The summed E-state index contributed by atoms with van der Waals surface area (Å²) in [6.07, 6.45) is 0.699. The Balaban J connectivity index is 1.95. The number of anilines is 2. The van der Waals surface area contributed by atoms with E-state index in [1.54, 1.807) is 0 Å². The van der Waals surface area contributed by atoms with Gasteiger partial charge in [0.25, 0.3) is 0 Å². The van der Waals surface area contributed by atoms with E-state index in [1.165, 1.54) is 11.1 Å². The van der Waals surface area contributed by atoms with Gasteiger partial charge in [-0.15, -0.1) is 0 Å². The molecule has 1 heterocycles. The molecule has 0 fully saturated rings. The van der Waals surface area contributed by atoms with Gasteiger partial charge in [-0.1, -0.05) is 85.0 Å². The van der Waals surface area contributed by atoms with E-state index in [0.717, 1.165) is 16.4 Å². The molecule has 24 heavy (non-hydrogen) atoms. The van der Waals surface area contributed by atoms with Crippen LogP contribution in [0.3, 0.4) is 0 Å². The van der Waals surface area contributed by atoms with E-state index in [4.69, 9.17) is 12.2 Å². The summed E-state index contributed by atoms with van der Waals surface area (Å²) < 4.78 is 0. The van der Waals surface area contributed by atoms with Crippen LogP contribution < -0.4 is 10.6 Å². The fourth-order valence-corrected chi connectivity index (χ4v) is 3.70. The first-order valence-electron chi connectivity index (χ1n) is 8.06. The van der Waals surface area contributed by atoms with Gasteiger partial charge in [0.1, 0.15) is 0 Å². The highest BCUT2D eigenvalue weighted by Gasteiger charge is 2.37. The minimum absolute atomic E-state index is 0.390. The van der Waals surface area contributed by atoms with Crippen molar-refractivity contribution in [3.63, 3.8) is 0 Å². The summed E-state index contributed by atoms with van der Waals surface area (Å²) in [5, 5.41) is 7.17. The fraction of sp³-hybridized carbons (Fsp3) is 0.0952. The van der Waals surface area contributed by atoms with Gasteiger partial charge in [-0.25, -0.2) is 0 Å². The van der Waals surface area contributed by atoms with Gasteiger partial charge in [0.05, 0.1) is 21.9 Å². The van der Waals surface area contributed by atoms with Crippen molar-refractivity contribution in [2.24, 2.45) is 0 Å². The normalized spacial score (nSPS) is 15.6. The number of fused-ring (bicyclic) bond motifs is 1. The lowest BCUT2D eigenvalue weighted by atomic mass is 9.80. The predicted molar refractivity (Wildman–Crippen MR) is 105 cm³/mol. The largest absolute Gasteiger partial charge is 0.370 e. The second-order valence-corrected chi connectivity index (χ2v) is 6.53. The molecule has 0 aromatic heterocycles. The van der Waals surface area contributed by atoms with Crippen LogP contribution in [-0.2, 0) is 5.54 Å². The molecule has 3 heteroatoms. The van der Waals surface area contributed by atoms with Crippen LogP contribution in [0, 0.1) is 0 Å². The molecule has 0 unspecified atom stereocenters. The van der Waals surface area contributed by atoms with Gasteiger partial charge in [-0.05, 0) is 23.3 Å². The van der Waals surface area contributed by atoms with Crippen molar-refractivity contribution in [3.05, 3.63) is 96.1 Å². The molecule has 4 rings (SSSR count). The Kier molecular flexibility index (Phi) is 3.79. The Labute approximate surface area is 147 Å². The second kappa shape index (κ2) is 6.10. The lowest BCUT2D eigenvalue weighted by Gasteiger charge is -2.35. The molecule has 0 spiro atoms. The molecule has 1 aliphatic heterocycles. The minimum atomic E-state index is -0.390. The molecule has 0 amide bonds. The van der Waals surface area contributed by atoms with E-state index >= 15 is 0 Å². The Morgan fingerprint density at radius 1 is 0.667 bits per heavy atom. The van der Waals surface area contributed by atoms with Gasteiger partial charge in [0.15, 0.2) is 0 Å². The maximum absolute atomic E-state index is 5.67. The van der Waals surface area contributed by atoms with Crippen LogP contribution in [0.15, 0.2) is 84.9 Å². The van der Waals surface area contributed by atoms with Crippen molar-refractivity contribution >= 4 is 28.6 Å². The Hall–Kier alpha value is -2.65. The molecule has 2 N–H and O–H groups in total. The van der Waals surface area contributed by atoms with E-state index in [9.17, 15) is 0 Å². The summed E-state index contributed by atoms with van der Waals surface area (Å²) in [7, 11) is 0. The summed E-state index contributed by atoms with van der Waals surface area (Å²) in [4.78, 5) is 0.833. The van der Waals surface area contributed by atoms with E-state index in [0.29, 0.717) is 6.42 Å². The van der Waals surface area contributed by atoms with Crippen LogP contribution in [0.4, 0.5) is 11.4 Å². The summed E-state index contributed by atoms with van der Waals surface area (Å²) in [5.74, 6) is 0. The average Bonchev–Trinajstić information content (AvgIpc) is 2.79. The van der Waals surface area contributed by atoms with Crippen molar-refractivity contribution in [2.45, 2.75) is 12.0 Å². The maximum atomic E-state index is 5.67. The van der Waals surface area contributed by atoms with Gasteiger partial charge in [0.2, 0.25) is 0 Å². The first-order chi connectivity index (χ1) is 11.8. The SMILES string of the molecule is S=C1CC(c2ccccc2)(c2ccccc2)Nc2ccccc2N1. The van der Waals surface area contributed by atoms with Gasteiger partial charge in [-0.3, -0.25) is 0 Å². The molecule has 0 atom stereocenters. The standard InChI is InChI=1S/C21H18N2S/c24-20-15-21(16-9-3-1-4-10-16,17-11-5-2-6-12-17)23-19-14-8-7-13-18(19)22-20/h1-14,23H,15H2,(H,22,24). The molecule has 2 nitrogen and oxygen atoms in total. The third kappa shape index (κ3) is 2.57. The highest BCUT2D eigenvalue weighted by Crippen LogP contribution is 2.41. The third-order valence-corrected chi connectivity index (χ3v) is 4.75. The molecule has 0 saturated carbocycles. The molecule has 0 radical (unpaired) electrons. The van der Waals surface area contributed by atoms with Crippen molar-refractivity contribution in [1.29, 1.82) is 0 Å². The first kappa shape index (κ1) is 14.9. The first-order valence-corrected chi connectivity index (χ1v) is 8.47. The zero-order valence-electron chi connectivity index (χ0n) is 13.2. The highest BCUT2D eigenvalue weighted by atomic mass is 32.1. The summed E-state index contributed by atoms with van der Waals surface area (Å²) in [6.45, 7) is 0. The van der Waals surface area contributed by atoms with Crippen LogP contribution in [0.1, 0.15) is 17.5 Å². The van der Waals surface area contributed by atoms with E-state index in [1.807, 2.05) is 24.3 Å². The fourth-order valence-electron chi connectivity index (χ4n) is 3.37. The topological polar surface area (TPSA) is 24.1 Å². The molecular formula is C21H18N2S. The average molecular weight is 330 g/mol. The van der Waals surface area contributed by atoms with Crippen molar-refractivity contribution < 1.29 is 0 Å². The van der Waals surface area contributed by atoms with Gasteiger partial charge >= 0.3 is 0 Å². The molecule has 3 aromatic carbocycles. The Bertz CT molecular complexity index is 820. The van der Waals surface area contributed by atoms with Gasteiger partial charge in [-0.2, -0.15) is 0 Å². The number of thiocarbonyl (C=S) groups is 1. The van der Waals surface area contributed by atoms with E-state index in [2.05, 4.69) is 71.3 Å². The van der Waals surface area contributed by atoms with Gasteiger partial charge in [0, 0.05) is 6.42 Å². The Morgan fingerprint density at radius 3 is 1.75 bits per heavy atom. The molecule has 0 saturated heterocycles. The van der Waals surface area contributed by atoms with Crippen molar-refractivity contribution in [3.8, 4) is 0 Å². The van der Waals surface area contributed by atoms with Crippen LogP contribution in [0.25, 0.3) is 0 Å². The lowest BCUT2D eigenvalue weighted by molar-refractivity contribution is 0.622. The van der Waals surface area contributed by atoms with Crippen LogP contribution in [0.2, 0.25) is 0 Å². The number of rotatable bonds is 2. The highest BCUT2D eigenvalue weighted by molar-refractivity contribution is 7.80. The maximum Gasteiger partial charge on any atom is 0.0943 e. The summed E-state index contributed by atoms with van der Waals surface area (Å²) >= 11 is 5.67. The molecular weight excluding hydrogens is 312 g/mol. The zero-order chi connectivity index (χ0) is 16.4. The summed E-state index contributed by atoms with van der Waals surface area (Å²) in [5.41, 5.74) is 4.11. The van der Waals surface area contributed by atoms with Crippen LogP contribution >= 0.6 is 12.2 Å². The number of benzene rings is 3. The number of para-hydroxylation sites is 2. The minimum Gasteiger partial charge on any atom is -0.370 e. The second-order valence-electron chi connectivity index (χ2n) is 6.03. The molecule has 3 aromatic rings. The smallest absolute Gasteiger partial charge is 0.0943 e. The third-order valence-electron chi connectivity index (χ3n) is 4.51. The van der Waals surface area contributed by atoms with E-state index < -0.39 is 0 Å². The number of hydrogen-bond donors (Lipinski definition) is 2. The van der Waals surface area contributed by atoms with Crippen LogP contribution in [-0.4, -0.2) is 4.99 Å². The Morgan fingerprint density at radius 2 is 1.17 bits per heavy atom. The van der Waals surface area contributed by atoms with Gasteiger partial charge < -0.3 is 10.6 Å². The quantitative estimate of drug-likeness (QED) is 0.633. The number of hydrogen-bond acceptors (Lipinski definition) is 2. The molecule has 118 valence electrons. The van der Waals surface area contributed by atoms with Crippen molar-refractivity contribution in [2.75, 3.05) is 10.6 Å². The van der Waals surface area contributed by atoms with Crippen molar-refractivity contribution in [1.82, 2.24) is 0 Å².